The Labute approximate surface area is 74.2 Å². The van der Waals surface area contributed by atoms with Gasteiger partial charge in [0.25, 0.3) is 0 Å². The molecular weight excluding hydrogens is 178 g/mol. The number of halogens is 2. The fourth-order valence-electron chi connectivity index (χ4n) is 0.923. The van der Waals surface area contributed by atoms with E-state index in [0.717, 1.165) is 6.07 Å². The van der Waals surface area contributed by atoms with Gasteiger partial charge in [0.15, 0.2) is 0 Å². The summed E-state index contributed by atoms with van der Waals surface area (Å²) in [5.41, 5.74) is 4.30. The highest BCUT2D eigenvalue weighted by Crippen LogP contribution is 2.19. The van der Waals surface area contributed by atoms with Crippen molar-refractivity contribution in [3.8, 4) is 0 Å². The monoisotopic (exact) mass is 188 g/mol. The molecule has 0 saturated heterocycles. The molecule has 0 amide bonds. The van der Waals surface area contributed by atoms with Gasteiger partial charge in [0.2, 0.25) is 11.9 Å². The van der Waals surface area contributed by atoms with Gasteiger partial charge in [0, 0.05) is 5.56 Å². The molecule has 0 bridgehead atoms. The van der Waals surface area contributed by atoms with Gasteiger partial charge < -0.3 is 10.8 Å². The van der Waals surface area contributed by atoms with Crippen molar-refractivity contribution in [1.82, 2.24) is 4.98 Å². The minimum atomic E-state index is -1.23. The van der Waals surface area contributed by atoms with Crippen molar-refractivity contribution in [1.29, 1.82) is 0 Å². The van der Waals surface area contributed by atoms with E-state index in [0.29, 0.717) is 0 Å². The average molecular weight is 188 g/mol. The van der Waals surface area contributed by atoms with Gasteiger partial charge in [-0.15, -0.1) is 0 Å². The first-order valence-corrected chi connectivity index (χ1v) is 3.69. The zero-order valence-corrected chi connectivity index (χ0v) is 7.09. The van der Waals surface area contributed by atoms with Gasteiger partial charge in [0.1, 0.15) is 0 Å². The number of hydrogen-bond acceptors (Lipinski definition) is 3. The summed E-state index contributed by atoms with van der Waals surface area (Å²) in [5.74, 6) is -1.89. The first-order valence-electron chi connectivity index (χ1n) is 3.69. The highest BCUT2D eigenvalue weighted by atomic mass is 19.1. The van der Waals surface area contributed by atoms with Crippen molar-refractivity contribution in [3.05, 3.63) is 29.6 Å². The Morgan fingerprint density at radius 1 is 1.54 bits per heavy atom. The maximum atomic E-state index is 13.0. The second kappa shape index (κ2) is 3.35. The molecule has 0 fully saturated rings. The molecule has 1 aromatic rings. The third kappa shape index (κ3) is 1.99. The first kappa shape index (κ1) is 10.0. The molecule has 0 aliphatic heterocycles. The molecule has 1 atom stereocenters. The summed E-state index contributed by atoms with van der Waals surface area (Å²) < 4.78 is 25.4. The lowest BCUT2D eigenvalue weighted by Gasteiger charge is -2.21. The maximum Gasteiger partial charge on any atom is 0.220 e. The van der Waals surface area contributed by atoms with Crippen LogP contribution in [-0.2, 0) is 5.54 Å². The van der Waals surface area contributed by atoms with E-state index in [-0.39, 0.29) is 5.56 Å². The second-order valence-corrected chi connectivity index (χ2v) is 3.05. The van der Waals surface area contributed by atoms with Crippen LogP contribution < -0.4 is 5.73 Å². The molecule has 13 heavy (non-hydrogen) atoms. The minimum absolute atomic E-state index is 0.00333. The molecule has 1 rings (SSSR count). The number of rotatable bonds is 2. The van der Waals surface area contributed by atoms with Crippen LogP contribution in [0, 0.1) is 11.9 Å². The molecule has 0 radical (unpaired) electrons. The smallest absolute Gasteiger partial charge is 0.220 e. The number of hydrogen-bond donors (Lipinski definition) is 2. The molecule has 0 aromatic carbocycles. The largest absolute Gasteiger partial charge is 0.394 e. The third-order valence-electron chi connectivity index (χ3n) is 1.76. The first-order chi connectivity index (χ1) is 5.97. The SMILES string of the molecule is CC(N)(CO)c1ccc(F)nc1F. The molecule has 3 N–H and O–H groups in total. The van der Waals surface area contributed by atoms with Gasteiger partial charge in [-0.1, -0.05) is 0 Å². The number of nitrogens with zero attached hydrogens (tertiary/aromatic N) is 1. The zero-order chi connectivity index (χ0) is 10.1. The van der Waals surface area contributed by atoms with Gasteiger partial charge in [0.05, 0.1) is 12.1 Å². The summed E-state index contributed by atoms with van der Waals surface area (Å²) in [7, 11) is 0. The Balaban J connectivity index is 3.16. The Hall–Kier alpha value is -1.07. The van der Waals surface area contributed by atoms with Crippen LogP contribution >= 0.6 is 0 Å². The highest BCUT2D eigenvalue weighted by Gasteiger charge is 2.24. The average Bonchev–Trinajstić information content (AvgIpc) is 2.03. The summed E-state index contributed by atoms with van der Waals surface area (Å²) in [5, 5.41) is 8.83. The zero-order valence-electron chi connectivity index (χ0n) is 7.09. The fourth-order valence-corrected chi connectivity index (χ4v) is 0.923. The molecule has 1 heterocycles. The molecule has 0 saturated carbocycles. The topological polar surface area (TPSA) is 59.1 Å². The molecule has 1 unspecified atom stereocenters. The number of aromatic nitrogens is 1. The third-order valence-corrected chi connectivity index (χ3v) is 1.76. The van der Waals surface area contributed by atoms with E-state index in [1.165, 1.54) is 13.0 Å². The summed E-state index contributed by atoms with van der Waals surface area (Å²) in [6.45, 7) is 1.00. The number of pyridine rings is 1. The van der Waals surface area contributed by atoms with Gasteiger partial charge in [-0.05, 0) is 19.1 Å². The molecule has 72 valence electrons. The lowest BCUT2D eigenvalue weighted by atomic mass is 9.96. The predicted molar refractivity (Wildman–Crippen MR) is 42.8 cm³/mol. The van der Waals surface area contributed by atoms with Crippen LogP contribution in [0.2, 0.25) is 0 Å². The van der Waals surface area contributed by atoms with E-state index in [1.54, 1.807) is 0 Å². The van der Waals surface area contributed by atoms with Crippen LogP contribution in [0.5, 0.6) is 0 Å². The van der Waals surface area contributed by atoms with Crippen LogP contribution in [-0.4, -0.2) is 16.7 Å². The van der Waals surface area contributed by atoms with Crippen LogP contribution in [0.3, 0.4) is 0 Å². The van der Waals surface area contributed by atoms with Crippen molar-refractivity contribution in [3.63, 3.8) is 0 Å². The Morgan fingerprint density at radius 2 is 2.15 bits per heavy atom. The summed E-state index contributed by atoms with van der Waals surface area (Å²) in [4.78, 5) is 2.96. The van der Waals surface area contributed by atoms with E-state index in [4.69, 9.17) is 10.8 Å². The molecule has 3 nitrogen and oxygen atoms in total. The van der Waals surface area contributed by atoms with Gasteiger partial charge in [-0.3, -0.25) is 0 Å². The molecule has 5 heteroatoms. The molecule has 0 aliphatic rings. The fraction of sp³-hybridized carbons (Fsp3) is 0.375. The lowest BCUT2D eigenvalue weighted by Crippen LogP contribution is -2.38. The minimum Gasteiger partial charge on any atom is -0.394 e. The molecule has 0 spiro atoms. The molecule has 1 aromatic heterocycles. The highest BCUT2D eigenvalue weighted by molar-refractivity contribution is 5.20. The summed E-state index contributed by atoms with van der Waals surface area (Å²) in [6, 6.07) is 2.17. The van der Waals surface area contributed by atoms with E-state index >= 15 is 0 Å². The van der Waals surface area contributed by atoms with E-state index in [1.807, 2.05) is 0 Å². The quantitative estimate of drug-likeness (QED) is 0.665. The van der Waals surface area contributed by atoms with Crippen molar-refractivity contribution in [2.75, 3.05) is 6.61 Å². The van der Waals surface area contributed by atoms with E-state index < -0.39 is 24.0 Å². The second-order valence-electron chi connectivity index (χ2n) is 3.05. The standard InChI is InChI=1S/C8H10F2N2O/c1-8(11,4-13)5-2-3-6(9)12-7(5)10/h2-3,13H,4,11H2,1H3. The summed E-state index contributed by atoms with van der Waals surface area (Å²) in [6.07, 6.45) is 0. The van der Waals surface area contributed by atoms with Gasteiger partial charge >= 0.3 is 0 Å². The predicted octanol–water partition coefficient (Wildman–Crippen LogP) is 0.526. The number of aliphatic hydroxyl groups excluding tert-OH is 1. The van der Waals surface area contributed by atoms with Gasteiger partial charge in [-0.2, -0.15) is 13.8 Å². The Bertz CT molecular complexity index is 315. The normalized spacial score (nSPS) is 15.5. The molecule has 0 aliphatic carbocycles. The van der Waals surface area contributed by atoms with Crippen molar-refractivity contribution in [2.24, 2.45) is 5.73 Å². The Morgan fingerprint density at radius 3 is 2.62 bits per heavy atom. The van der Waals surface area contributed by atoms with Crippen LogP contribution in [0.25, 0.3) is 0 Å². The van der Waals surface area contributed by atoms with Crippen LogP contribution in [0.4, 0.5) is 8.78 Å². The number of nitrogens with two attached hydrogens (primary N) is 1. The van der Waals surface area contributed by atoms with E-state index in [9.17, 15) is 8.78 Å². The van der Waals surface area contributed by atoms with Crippen molar-refractivity contribution >= 4 is 0 Å². The van der Waals surface area contributed by atoms with Crippen LogP contribution in [0.1, 0.15) is 12.5 Å². The van der Waals surface area contributed by atoms with E-state index in [2.05, 4.69) is 4.98 Å². The number of aliphatic hydroxyl groups is 1. The van der Waals surface area contributed by atoms with Crippen molar-refractivity contribution in [2.45, 2.75) is 12.5 Å². The van der Waals surface area contributed by atoms with Gasteiger partial charge in [-0.25, -0.2) is 0 Å². The molecular formula is C8H10F2N2O. The maximum absolute atomic E-state index is 13.0. The lowest BCUT2D eigenvalue weighted by molar-refractivity contribution is 0.205. The van der Waals surface area contributed by atoms with Crippen molar-refractivity contribution < 1.29 is 13.9 Å². The van der Waals surface area contributed by atoms with Crippen LogP contribution in [0.15, 0.2) is 12.1 Å². The Kier molecular flexibility index (Phi) is 2.58. The summed E-state index contributed by atoms with van der Waals surface area (Å²) >= 11 is 0.